The molecule has 1 fully saturated rings. The quantitative estimate of drug-likeness (QED) is 0.757. The third kappa shape index (κ3) is 5.65. The summed E-state index contributed by atoms with van der Waals surface area (Å²) in [7, 11) is 0. The monoisotopic (exact) mass is 298 g/mol. The number of aliphatic hydroxyl groups is 1. The van der Waals surface area contributed by atoms with Crippen LogP contribution in [0.1, 0.15) is 53.4 Å². The molecule has 0 aromatic carbocycles. The lowest BCUT2D eigenvalue weighted by molar-refractivity contribution is -0.136. The zero-order valence-corrected chi connectivity index (χ0v) is 13.8. The lowest BCUT2D eigenvalue weighted by atomic mass is 9.93. The van der Waals surface area contributed by atoms with E-state index >= 15 is 0 Å². The Labute approximate surface area is 128 Å². The molecule has 1 aliphatic heterocycles. The molecule has 1 aliphatic rings. The molecule has 1 saturated heterocycles. The number of hydrogen-bond acceptors (Lipinski definition) is 3. The van der Waals surface area contributed by atoms with Crippen molar-refractivity contribution < 1.29 is 14.7 Å². The SMILES string of the molecule is CC1CCC(CO)CN1C(=O)CCCNC(=O)C(C)(C)C. The van der Waals surface area contributed by atoms with Crippen LogP contribution in [0.15, 0.2) is 0 Å². The standard InChI is InChI=1S/C16H30N2O3/c1-12-7-8-13(11-19)10-18(12)14(20)6-5-9-17-15(21)16(2,3)4/h12-13,19H,5-11H2,1-4H3,(H,17,21). The van der Waals surface area contributed by atoms with Crippen molar-refractivity contribution in [2.45, 2.75) is 59.4 Å². The number of rotatable bonds is 5. The van der Waals surface area contributed by atoms with Gasteiger partial charge in [-0.2, -0.15) is 0 Å². The number of nitrogens with zero attached hydrogens (tertiary/aromatic N) is 1. The molecule has 0 aromatic heterocycles. The van der Waals surface area contributed by atoms with Crippen molar-refractivity contribution in [3.8, 4) is 0 Å². The van der Waals surface area contributed by atoms with Crippen LogP contribution in [0.4, 0.5) is 0 Å². The van der Waals surface area contributed by atoms with Crippen molar-refractivity contribution in [3.63, 3.8) is 0 Å². The van der Waals surface area contributed by atoms with Crippen molar-refractivity contribution in [1.82, 2.24) is 10.2 Å². The summed E-state index contributed by atoms with van der Waals surface area (Å²) < 4.78 is 0. The molecule has 21 heavy (non-hydrogen) atoms. The van der Waals surface area contributed by atoms with Gasteiger partial charge in [-0.25, -0.2) is 0 Å². The number of hydrogen-bond donors (Lipinski definition) is 2. The average molecular weight is 298 g/mol. The molecule has 2 N–H and O–H groups in total. The van der Waals surface area contributed by atoms with E-state index in [1.54, 1.807) is 0 Å². The normalized spacial score (nSPS) is 23.0. The minimum Gasteiger partial charge on any atom is -0.396 e. The fourth-order valence-electron chi connectivity index (χ4n) is 2.53. The van der Waals surface area contributed by atoms with E-state index in [9.17, 15) is 14.7 Å². The molecule has 5 heteroatoms. The Morgan fingerprint density at radius 2 is 1.95 bits per heavy atom. The van der Waals surface area contributed by atoms with Gasteiger partial charge in [-0.05, 0) is 32.1 Å². The molecular formula is C16H30N2O3. The van der Waals surface area contributed by atoms with Crippen molar-refractivity contribution in [2.75, 3.05) is 19.7 Å². The minimum atomic E-state index is -0.389. The van der Waals surface area contributed by atoms with Crippen molar-refractivity contribution in [2.24, 2.45) is 11.3 Å². The second-order valence-corrected chi connectivity index (χ2v) is 7.13. The molecule has 1 rings (SSSR count). The lowest BCUT2D eigenvalue weighted by Gasteiger charge is -2.37. The highest BCUT2D eigenvalue weighted by atomic mass is 16.3. The summed E-state index contributed by atoms with van der Waals surface area (Å²) in [5.41, 5.74) is -0.389. The third-order valence-electron chi connectivity index (χ3n) is 4.09. The molecule has 0 saturated carbocycles. The van der Waals surface area contributed by atoms with Crippen molar-refractivity contribution in [3.05, 3.63) is 0 Å². The largest absolute Gasteiger partial charge is 0.396 e. The summed E-state index contributed by atoms with van der Waals surface area (Å²) >= 11 is 0. The van der Waals surface area contributed by atoms with Crippen LogP contribution in [0.5, 0.6) is 0 Å². The van der Waals surface area contributed by atoms with Crippen LogP contribution in [0.25, 0.3) is 0 Å². The number of nitrogens with one attached hydrogen (secondary N) is 1. The topological polar surface area (TPSA) is 69.6 Å². The summed E-state index contributed by atoms with van der Waals surface area (Å²) in [6, 6.07) is 0.254. The first kappa shape index (κ1) is 18.0. The fraction of sp³-hybridized carbons (Fsp3) is 0.875. The molecule has 0 aromatic rings. The second kappa shape index (κ2) is 7.78. The Morgan fingerprint density at radius 3 is 2.52 bits per heavy atom. The number of amides is 2. The van der Waals surface area contributed by atoms with Gasteiger partial charge in [-0.3, -0.25) is 9.59 Å². The van der Waals surface area contributed by atoms with Crippen molar-refractivity contribution >= 4 is 11.8 Å². The zero-order valence-electron chi connectivity index (χ0n) is 13.8. The molecule has 0 radical (unpaired) electrons. The first-order chi connectivity index (χ1) is 9.75. The van der Waals surface area contributed by atoms with E-state index in [4.69, 9.17) is 0 Å². The summed E-state index contributed by atoms with van der Waals surface area (Å²) in [6.45, 7) is 9.02. The van der Waals surface area contributed by atoms with E-state index in [1.807, 2.05) is 25.7 Å². The van der Waals surface area contributed by atoms with Gasteiger partial charge in [-0.1, -0.05) is 20.8 Å². The smallest absolute Gasteiger partial charge is 0.225 e. The van der Waals surface area contributed by atoms with E-state index in [1.165, 1.54) is 0 Å². The minimum absolute atomic E-state index is 0.0154. The molecule has 0 aliphatic carbocycles. The molecule has 0 spiro atoms. The van der Waals surface area contributed by atoms with E-state index in [2.05, 4.69) is 12.2 Å². The van der Waals surface area contributed by atoms with Gasteiger partial charge in [0.05, 0.1) is 0 Å². The molecule has 2 unspecified atom stereocenters. The van der Waals surface area contributed by atoms with E-state index in [0.717, 1.165) is 12.8 Å². The Hall–Kier alpha value is -1.10. The summed E-state index contributed by atoms with van der Waals surface area (Å²) in [5.74, 6) is 0.359. The number of carbonyl (C=O) groups excluding carboxylic acids is 2. The van der Waals surface area contributed by atoms with E-state index < -0.39 is 0 Å². The molecule has 122 valence electrons. The van der Waals surface area contributed by atoms with Crippen LogP contribution in [-0.4, -0.2) is 47.6 Å². The molecular weight excluding hydrogens is 268 g/mol. The Bertz CT molecular complexity index is 363. The number of aliphatic hydroxyl groups excluding tert-OH is 1. The molecule has 2 atom stereocenters. The third-order valence-corrected chi connectivity index (χ3v) is 4.09. The van der Waals surface area contributed by atoms with E-state index in [-0.39, 0.29) is 35.8 Å². The number of carbonyl (C=O) groups is 2. The highest BCUT2D eigenvalue weighted by Gasteiger charge is 2.28. The van der Waals surface area contributed by atoms with Crippen LogP contribution in [0.2, 0.25) is 0 Å². The predicted molar refractivity (Wildman–Crippen MR) is 82.7 cm³/mol. The first-order valence-electron chi connectivity index (χ1n) is 7.94. The highest BCUT2D eigenvalue weighted by molar-refractivity contribution is 5.81. The fourth-order valence-corrected chi connectivity index (χ4v) is 2.53. The van der Waals surface area contributed by atoms with Gasteiger partial charge in [0.15, 0.2) is 0 Å². The maximum atomic E-state index is 12.2. The summed E-state index contributed by atoms with van der Waals surface area (Å²) in [5, 5.41) is 12.1. The maximum absolute atomic E-state index is 12.2. The average Bonchev–Trinajstić information content (AvgIpc) is 2.42. The summed E-state index contributed by atoms with van der Waals surface area (Å²) in [4.78, 5) is 25.8. The molecule has 2 amide bonds. The van der Waals surface area contributed by atoms with Crippen molar-refractivity contribution in [1.29, 1.82) is 0 Å². The number of piperidine rings is 1. The maximum Gasteiger partial charge on any atom is 0.225 e. The van der Waals surface area contributed by atoms with Gasteiger partial charge >= 0.3 is 0 Å². The first-order valence-corrected chi connectivity index (χ1v) is 7.94. The van der Waals surface area contributed by atoms with Gasteiger partial charge in [-0.15, -0.1) is 0 Å². The zero-order chi connectivity index (χ0) is 16.0. The van der Waals surface area contributed by atoms with Gasteiger partial charge < -0.3 is 15.3 Å². The Morgan fingerprint density at radius 1 is 1.29 bits per heavy atom. The van der Waals surface area contributed by atoms with Crippen LogP contribution in [0.3, 0.4) is 0 Å². The van der Waals surface area contributed by atoms with Crippen LogP contribution in [-0.2, 0) is 9.59 Å². The Balaban J connectivity index is 2.31. The lowest BCUT2D eigenvalue weighted by Crippen LogP contribution is -2.46. The molecule has 5 nitrogen and oxygen atoms in total. The second-order valence-electron chi connectivity index (χ2n) is 7.13. The van der Waals surface area contributed by atoms with Gasteiger partial charge in [0.1, 0.15) is 0 Å². The van der Waals surface area contributed by atoms with Crippen LogP contribution < -0.4 is 5.32 Å². The molecule has 0 bridgehead atoms. The van der Waals surface area contributed by atoms with Crippen LogP contribution in [0, 0.1) is 11.3 Å². The van der Waals surface area contributed by atoms with E-state index in [0.29, 0.717) is 25.9 Å². The molecule has 1 heterocycles. The predicted octanol–water partition coefficient (Wildman–Crippen LogP) is 1.55. The van der Waals surface area contributed by atoms with Gasteiger partial charge in [0, 0.05) is 37.6 Å². The number of likely N-dealkylation sites (tertiary alicyclic amines) is 1. The highest BCUT2D eigenvalue weighted by Crippen LogP contribution is 2.22. The summed E-state index contributed by atoms with van der Waals surface area (Å²) in [6.07, 6.45) is 3.06. The Kier molecular flexibility index (Phi) is 6.65. The van der Waals surface area contributed by atoms with Crippen LogP contribution >= 0.6 is 0 Å². The van der Waals surface area contributed by atoms with Gasteiger partial charge in [0.25, 0.3) is 0 Å². The van der Waals surface area contributed by atoms with Gasteiger partial charge in [0.2, 0.25) is 11.8 Å².